The number of hydrogen-bond acceptors (Lipinski definition) is 9. The molecule has 8 N–H and O–H groups in total. The zero-order valence-corrected chi connectivity index (χ0v) is 36.1. The van der Waals surface area contributed by atoms with Gasteiger partial charge in [-0.25, -0.2) is 13.6 Å². The molecule has 1 aliphatic carbocycles. The Bertz CT molecular complexity index is 2170. The van der Waals surface area contributed by atoms with E-state index in [-0.39, 0.29) is 43.4 Å². The van der Waals surface area contributed by atoms with Gasteiger partial charge in [0, 0.05) is 67.3 Å². The number of nitrogens with two attached hydrogens (primary N) is 2. The fourth-order valence-electron chi connectivity index (χ4n) is 7.03. The first-order valence-electron chi connectivity index (χ1n) is 20.5. The van der Waals surface area contributed by atoms with Crippen molar-refractivity contribution in [1.82, 2.24) is 25.0 Å². The van der Waals surface area contributed by atoms with Gasteiger partial charge in [0.2, 0.25) is 23.6 Å². The van der Waals surface area contributed by atoms with E-state index in [1.807, 2.05) is 55.7 Å². The number of carboxylic acid groups (broad SMARTS) is 1. The van der Waals surface area contributed by atoms with Gasteiger partial charge in [0.15, 0.2) is 0 Å². The van der Waals surface area contributed by atoms with Gasteiger partial charge in [-0.15, -0.1) is 0 Å². The van der Waals surface area contributed by atoms with Crippen LogP contribution in [-0.4, -0.2) is 111 Å². The first kappa shape index (κ1) is 52.9. The molecular weight excluding hydrogens is 866 g/mol. The van der Waals surface area contributed by atoms with Gasteiger partial charge in [0.25, 0.3) is 11.8 Å². The van der Waals surface area contributed by atoms with E-state index >= 15 is 0 Å². The summed E-state index contributed by atoms with van der Waals surface area (Å²) in [4.78, 5) is 81.6. The lowest BCUT2D eigenvalue weighted by molar-refractivity contribution is -0.192. The summed E-state index contributed by atoms with van der Waals surface area (Å²) >= 11 is 0. The van der Waals surface area contributed by atoms with E-state index in [0.717, 1.165) is 66.5 Å². The Balaban J connectivity index is 0.000000334. The summed E-state index contributed by atoms with van der Waals surface area (Å²) in [5.74, 6) is -6.39. The molecule has 1 saturated carbocycles. The summed E-state index contributed by atoms with van der Waals surface area (Å²) < 4.78 is 62.4. The quantitative estimate of drug-likeness (QED) is 0.0693. The minimum atomic E-state index is -5.08. The number of primary amides is 1. The van der Waals surface area contributed by atoms with Gasteiger partial charge in [0.05, 0.1) is 12.1 Å². The number of rotatable bonds is 16. The highest BCUT2D eigenvalue weighted by atomic mass is 19.4. The number of aromatic nitrogens is 1. The summed E-state index contributed by atoms with van der Waals surface area (Å²) in [5, 5.41) is 22.3. The maximum atomic E-state index is 14.8. The van der Waals surface area contributed by atoms with E-state index in [1.165, 1.54) is 4.90 Å². The highest BCUT2D eigenvalue weighted by Crippen LogP contribution is 2.41. The maximum absolute atomic E-state index is 14.8. The molecule has 21 heteroatoms. The number of aliphatic hydroxyl groups excluding tert-OH is 1. The van der Waals surface area contributed by atoms with Crippen LogP contribution in [0, 0.1) is 23.0 Å². The van der Waals surface area contributed by atoms with Crippen LogP contribution in [0.1, 0.15) is 70.2 Å². The Kier molecular flexibility index (Phi) is 19.5. The molecule has 354 valence electrons. The van der Waals surface area contributed by atoms with E-state index in [1.54, 1.807) is 12.3 Å². The third-order valence-corrected chi connectivity index (χ3v) is 10.2. The number of aliphatic hydroxyl groups is 1. The molecule has 0 radical (unpaired) electrons. The molecule has 1 fully saturated rings. The van der Waals surface area contributed by atoms with Crippen LogP contribution in [0.15, 0.2) is 72.9 Å². The summed E-state index contributed by atoms with van der Waals surface area (Å²) in [7, 11) is 0. The predicted octanol–water partition coefficient (Wildman–Crippen LogP) is 3.56. The predicted molar refractivity (Wildman–Crippen MR) is 226 cm³/mol. The van der Waals surface area contributed by atoms with Crippen molar-refractivity contribution in [1.29, 1.82) is 0 Å². The topological polar surface area (TPSA) is 247 Å². The zero-order chi connectivity index (χ0) is 48.6. The Labute approximate surface area is 371 Å². The molecule has 0 bridgehead atoms. The fourth-order valence-corrected chi connectivity index (χ4v) is 7.03. The maximum Gasteiger partial charge on any atom is 0.490 e. The van der Waals surface area contributed by atoms with Crippen LogP contribution in [0.4, 0.5) is 22.0 Å². The molecule has 0 spiro atoms. The highest BCUT2D eigenvalue weighted by molar-refractivity contribution is 6.14. The number of alkyl halides is 3. The number of nitrogens with zero attached hydrogens (tertiary/aromatic N) is 3. The summed E-state index contributed by atoms with van der Waals surface area (Å²) in [5.41, 5.74) is 12.8. The van der Waals surface area contributed by atoms with Gasteiger partial charge < -0.3 is 41.8 Å². The van der Waals surface area contributed by atoms with E-state index in [9.17, 15) is 55.8 Å². The third-order valence-electron chi connectivity index (χ3n) is 10.2. The van der Waals surface area contributed by atoms with Gasteiger partial charge in [-0.1, -0.05) is 63.9 Å². The largest absolute Gasteiger partial charge is 0.490 e. The van der Waals surface area contributed by atoms with Gasteiger partial charge in [-0.3, -0.25) is 33.7 Å². The number of carboxylic acids is 1. The number of carbonyl (C=O) groups is 7. The number of amides is 6. The lowest BCUT2D eigenvalue weighted by atomic mass is 9.82. The molecule has 0 saturated heterocycles. The molecule has 1 aliphatic heterocycles. The normalized spacial score (nSPS) is 14.7. The first-order valence-corrected chi connectivity index (χ1v) is 20.5. The van der Waals surface area contributed by atoms with Crippen molar-refractivity contribution in [2.75, 3.05) is 32.8 Å². The highest BCUT2D eigenvalue weighted by Gasteiger charge is 2.39. The zero-order valence-electron chi connectivity index (χ0n) is 36.1. The summed E-state index contributed by atoms with van der Waals surface area (Å²) in [6, 6.07) is 13.0. The lowest BCUT2D eigenvalue weighted by Crippen LogP contribution is -2.46. The second-order valence-electron chi connectivity index (χ2n) is 16.2. The molecular formula is C44H54F5N7O9. The summed E-state index contributed by atoms with van der Waals surface area (Å²) in [6.45, 7) is 5.86. The summed E-state index contributed by atoms with van der Waals surface area (Å²) in [6.07, 6.45) is 3.08. The second kappa shape index (κ2) is 24.0. The van der Waals surface area contributed by atoms with Crippen LogP contribution in [-0.2, 0) is 40.1 Å². The molecule has 3 aromatic rings. The van der Waals surface area contributed by atoms with E-state index in [0.29, 0.717) is 24.3 Å². The van der Waals surface area contributed by atoms with Crippen LogP contribution in [0.25, 0.3) is 11.1 Å². The molecule has 2 aromatic carbocycles. The van der Waals surface area contributed by atoms with Crippen molar-refractivity contribution in [2.45, 2.75) is 77.7 Å². The van der Waals surface area contributed by atoms with Crippen LogP contribution in [0.5, 0.6) is 0 Å². The van der Waals surface area contributed by atoms with Gasteiger partial charge in [0.1, 0.15) is 24.8 Å². The number of carbonyl (C=O) groups excluding carboxylic acids is 6. The molecule has 16 nitrogen and oxygen atoms in total. The molecule has 6 amide bonds. The van der Waals surface area contributed by atoms with Crippen molar-refractivity contribution in [3.63, 3.8) is 0 Å². The minimum absolute atomic E-state index is 0.0378. The van der Waals surface area contributed by atoms with Crippen LogP contribution in [0.3, 0.4) is 0 Å². The molecule has 2 heterocycles. The molecule has 2 aliphatic rings. The number of halogens is 5. The Morgan fingerprint density at radius 2 is 1.49 bits per heavy atom. The molecule has 1 aromatic heterocycles. The number of aliphatic carboxylic acids is 1. The Morgan fingerprint density at radius 1 is 0.908 bits per heavy atom. The SMILES string of the molecule is CC(C)(C)C(c1cc(-c2cc(F)ccc2F)cn1Cc1ccccc1)N(CCC(N)C(N)=O)C(=O)CO.O=C(CN1C(=O)C=CC1=O)NCCNC(=O)C1CCCC1.O=C(O)C(F)(F)F. The number of nitrogens with one attached hydrogen (secondary N) is 2. The Hall–Kier alpha value is -6.48. The van der Waals surface area contributed by atoms with Crippen molar-refractivity contribution in [2.24, 2.45) is 22.8 Å². The van der Waals surface area contributed by atoms with Crippen LogP contribution >= 0.6 is 0 Å². The number of hydrogen-bond donors (Lipinski definition) is 6. The van der Waals surface area contributed by atoms with E-state index in [4.69, 9.17) is 21.4 Å². The van der Waals surface area contributed by atoms with Crippen LogP contribution in [0.2, 0.25) is 0 Å². The van der Waals surface area contributed by atoms with Gasteiger partial charge in [-0.05, 0) is 54.5 Å². The van der Waals surface area contributed by atoms with Crippen LogP contribution < -0.4 is 22.1 Å². The van der Waals surface area contributed by atoms with Crippen molar-refractivity contribution in [3.05, 3.63) is 95.8 Å². The molecule has 65 heavy (non-hydrogen) atoms. The minimum Gasteiger partial charge on any atom is -0.475 e. The number of benzene rings is 2. The smallest absolute Gasteiger partial charge is 0.475 e. The van der Waals surface area contributed by atoms with Crippen molar-refractivity contribution >= 4 is 41.4 Å². The first-order chi connectivity index (χ1) is 30.4. The lowest BCUT2D eigenvalue weighted by Gasteiger charge is -2.41. The monoisotopic (exact) mass is 919 g/mol. The molecule has 2 unspecified atom stereocenters. The number of imide groups is 1. The standard InChI is InChI=1S/C28H34F2N4O3.C14H19N3O4.C2HF3O2/c1-28(2,3)26(34(25(36)17-35)12-11-23(31)27(32)37)24-13-19(21-14-20(29)9-10-22(21)30)16-33(24)15-18-7-5-4-6-8-18;18-11(9-17-12(19)5-6-13(17)20)15-7-8-16-14(21)10-3-1-2-4-10;3-2(4,5)1(6)7/h4-10,13-14,16,23,26,35H,11-12,15,17,31H2,1-3H3,(H2,32,37);5-6,10H,1-4,7-9H2,(H,15,18)(H,16,21);(H,6,7). The average Bonchev–Trinajstić information content (AvgIpc) is 4.00. The average molecular weight is 920 g/mol. The molecule has 5 rings (SSSR count). The Morgan fingerprint density at radius 3 is 2.03 bits per heavy atom. The second-order valence-corrected chi connectivity index (χ2v) is 16.2. The fraction of sp³-hybridized carbons (Fsp3) is 0.432. The van der Waals surface area contributed by atoms with Crippen molar-refractivity contribution < 1.29 is 65.7 Å². The molecule has 2 atom stereocenters. The van der Waals surface area contributed by atoms with Gasteiger partial charge in [-0.2, -0.15) is 13.2 Å². The van der Waals surface area contributed by atoms with Crippen molar-refractivity contribution in [3.8, 4) is 11.1 Å². The third kappa shape index (κ3) is 16.2. The van der Waals surface area contributed by atoms with E-state index < -0.39 is 77.4 Å². The van der Waals surface area contributed by atoms with Gasteiger partial charge >= 0.3 is 12.1 Å². The van der Waals surface area contributed by atoms with E-state index in [2.05, 4.69) is 10.6 Å².